The molecule has 5 nitrogen and oxygen atoms in total. The number of benzene rings is 10. The minimum Gasteiger partial charge on any atom is -0.449 e. The second-order valence-corrected chi connectivity index (χ2v) is 16.7. The largest absolute Gasteiger partial charge is 0.449 e. The summed E-state index contributed by atoms with van der Waals surface area (Å²) in [5.74, 6) is 4.62. The lowest BCUT2D eigenvalue weighted by Crippen LogP contribution is -2.28. The number of fused-ring (bicyclic) bond motifs is 9. The minimum absolute atomic E-state index is 0.539. The van der Waals surface area contributed by atoms with Crippen LogP contribution < -0.4 is 9.47 Å². The summed E-state index contributed by atoms with van der Waals surface area (Å²) in [6.07, 6.45) is 0. The molecule has 304 valence electrons. The van der Waals surface area contributed by atoms with Gasteiger partial charge in [0.05, 0.1) is 5.41 Å². The molecule has 5 heteroatoms. The molecule has 2 aliphatic rings. The third-order valence-electron chi connectivity index (χ3n) is 13.1. The normalized spacial score (nSPS) is 13.0. The maximum Gasteiger partial charge on any atom is 0.178 e. The van der Waals surface area contributed by atoms with E-state index < -0.39 is 5.41 Å². The SMILES string of the molecule is c1ccc(-c2nc(-c3ccc(-c4ccc5c(c4)Oc4c(ccc6c4-c4ccccc4C6(c4ccccc4)c4ccccc4)O5)cc3)nc(-c3ccc4c(ccc5ccccc54)c3)n2)cc1. The van der Waals surface area contributed by atoms with E-state index in [1.807, 2.05) is 36.4 Å². The zero-order valence-electron chi connectivity index (χ0n) is 35.0. The number of rotatable bonds is 6. The molecule has 0 fully saturated rings. The predicted octanol–water partition coefficient (Wildman–Crippen LogP) is 15.1. The van der Waals surface area contributed by atoms with Crippen molar-refractivity contribution in [3.05, 3.63) is 247 Å². The minimum atomic E-state index is -0.539. The molecule has 11 aromatic rings. The molecule has 1 aliphatic heterocycles. The Bertz CT molecular complexity index is 3610. The van der Waals surface area contributed by atoms with Crippen LogP contribution in [0.2, 0.25) is 0 Å². The molecular weight excluding hydrogens is 795 g/mol. The summed E-state index contributed by atoms with van der Waals surface area (Å²) in [5, 5.41) is 4.78. The molecule has 0 radical (unpaired) electrons. The number of hydrogen-bond acceptors (Lipinski definition) is 5. The average Bonchev–Trinajstić information content (AvgIpc) is 3.70. The van der Waals surface area contributed by atoms with E-state index in [4.69, 9.17) is 24.4 Å². The fourth-order valence-electron chi connectivity index (χ4n) is 10.1. The molecule has 0 amide bonds. The first-order valence-electron chi connectivity index (χ1n) is 21.9. The summed E-state index contributed by atoms with van der Waals surface area (Å²) in [6, 6.07) is 78.5. The first-order valence-corrected chi connectivity index (χ1v) is 21.9. The van der Waals surface area contributed by atoms with Crippen LogP contribution in [-0.4, -0.2) is 15.0 Å². The van der Waals surface area contributed by atoms with Crippen molar-refractivity contribution in [3.63, 3.8) is 0 Å². The van der Waals surface area contributed by atoms with E-state index in [9.17, 15) is 0 Å². The topological polar surface area (TPSA) is 57.1 Å². The Morgan fingerprint density at radius 1 is 0.323 bits per heavy atom. The second kappa shape index (κ2) is 14.7. The fraction of sp³-hybridized carbons (Fsp3) is 0.0167. The van der Waals surface area contributed by atoms with Crippen molar-refractivity contribution in [2.45, 2.75) is 5.41 Å². The standard InChI is InChI=1S/C60H37N3O2/c1-4-15-40(16-5-1)57-61-58(63-59(62-57)44-30-32-48-43(36-44)29-26-39-14-10-11-21-47(39)48)41-27-24-38(25-28-41)42-31-34-52-54(37-42)65-56-53(64-52)35-33-51-55(56)49-22-12-13-23-50(49)60(51,45-17-6-2-7-18-45)46-19-8-3-9-20-46/h1-37H. The van der Waals surface area contributed by atoms with Crippen LogP contribution in [-0.2, 0) is 5.41 Å². The predicted molar refractivity (Wildman–Crippen MR) is 260 cm³/mol. The number of ether oxygens (including phenoxy) is 2. The van der Waals surface area contributed by atoms with Gasteiger partial charge in [-0.3, -0.25) is 0 Å². The highest BCUT2D eigenvalue weighted by atomic mass is 16.6. The van der Waals surface area contributed by atoms with Crippen LogP contribution in [0.3, 0.4) is 0 Å². The van der Waals surface area contributed by atoms with Gasteiger partial charge in [-0.25, -0.2) is 15.0 Å². The molecule has 2 heterocycles. The number of hydrogen-bond donors (Lipinski definition) is 0. The smallest absolute Gasteiger partial charge is 0.178 e. The summed E-state index contributed by atoms with van der Waals surface area (Å²) in [4.78, 5) is 15.1. The molecule has 65 heavy (non-hydrogen) atoms. The molecule has 13 rings (SSSR count). The molecule has 0 N–H and O–H groups in total. The van der Waals surface area contributed by atoms with Crippen molar-refractivity contribution in [2.24, 2.45) is 0 Å². The van der Waals surface area contributed by atoms with Crippen LogP contribution >= 0.6 is 0 Å². The molecular formula is C60H37N3O2. The Morgan fingerprint density at radius 3 is 1.63 bits per heavy atom. The quantitative estimate of drug-likeness (QED) is 0.156. The lowest BCUT2D eigenvalue weighted by atomic mass is 9.68. The third-order valence-corrected chi connectivity index (χ3v) is 13.1. The molecule has 1 aromatic heterocycles. The van der Waals surface area contributed by atoms with Crippen molar-refractivity contribution in [1.29, 1.82) is 0 Å². The van der Waals surface area contributed by atoms with Crippen molar-refractivity contribution in [1.82, 2.24) is 15.0 Å². The van der Waals surface area contributed by atoms with Gasteiger partial charge in [-0.15, -0.1) is 0 Å². The summed E-state index contributed by atoms with van der Waals surface area (Å²) in [6.45, 7) is 0. The van der Waals surface area contributed by atoms with Crippen molar-refractivity contribution in [2.75, 3.05) is 0 Å². The number of aromatic nitrogens is 3. The van der Waals surface area contributed by atoms with E-state index in [0.29, 0.717) is 34.7 Å². The van der Waals surface area contributed by atoms with Crippen LogP contribution in [0, 0.1) is 0 Å². The molecule has 0 spiro atoms. The molecule has 0 atom stereocenters. The van der Waals surface area contributed by atoms with Gasteiger partial charge >= 0.3 is 0 Å². The zero-order chi connectivity index (χ0) is 42.9. The number of nitrogens with zero attached hydrogens (tertiary/aromatic N) is 3. The molecule has 0 saturated heterocycles. The van der Waals surface area contributed by atoms with Crippen LogP contribution in [0.5, 0.6) is 23.0 Å². The lowest BCUT2D eigenvalue weighted by molar-refractivity contribution is 0.360. The van der Waals surface area contributed by atoms with Gasteiger partial charge in [-0.05, 0) is 84.8 Å². The van der Waals surface area contributed by atoms with Gasteiger partial charge in [0, 0.05) is 22.3 Å². The van der Waals surface area contributed by atoms with Gasteiger partial charge in [-0.1, -0.05) is 200 Å². The Kier molecular flexibility index (Phi) is 8.36. The van der Waals surface area contributed by atoms with Gasteiger partial charge in [-0.2, -0.15) is 0 Å². The van der Waals surface area contributed by atoms with Crippen LogP contribution in [0.15, 0.2) is 224 Å². The highest BCUT2D eigenvalue weighted by Gasteiger charge is 2.48. The first-order chi connectivity index (χ1) is 32.2. The van der Waals surface area contributed by atoms with Crippen molar-refractivity contribution < 1.29 is 9.47 Å². The fourth-order valence-corrected chi connectivity index (χ4v) is 10.1. The molecule has 0 saturated carbocycles. The van der Waals surface area contributed by atoms with E-state index in [2.05, 4.69) is 188 Å². The van der Waals surface area contributed by atoms with Crippen molar-refractivity contribution in [3.8, 4) is 79.4 Å². The molecule has 0 unspecified atom stereocenters. The van der Waals surface area contributed by atoms with E-state index in [-0.39, 0.29) is 0 Å². The van der Waals surface area contributed by atoms with Gasteiger partial charge in [0.2, 0.25) is 0 Å². The van der Waals surface area contributed by atoms with Gasteiger partial charge in [0.25, 0.3) is 0 Å². The van der Waals surface area contributed by atoms with Crippen LogP contribution in [0.4, 0.5) is 0 Å². The highest BCUT2D eigenvalue weighted by Crippen LogP contribution is 2.62. The zero-order valence-corrected chi connectivity index (χ0v) is 35.0. The van der Waals surface area contributed by atoms with E-state index in [1.54, 1.807) is 0 Å². The first kappa shape index (κ1) is 36.9. The van der Waals surface area contributed by atoms with E-state index in [1.165, 1.54) is 38.4 Å². The Labute approximate surface area is 375 Å². The summed E-state index contributed by atoms with van der Waals surface area (Å²) >= 11 is 0. The van der Waals surface area contributed by atoms with Crippen LogP contribution in [0.25, 0.3) is 78.0 Å². The maximum atomic E-state index is 7.00. The Balaban J connectivity index is 0.868. The summed E-state index contributed by atoms with van der Waals surface area (Å²) in [7, 11) is 0. The van der Waals surface area contributed by atoms with Gasteiger partial charge in [0.15, 0.2) is 40.5 Å². The summed E-state index contributed by atoms with van der Waals surface area (Å²) < 4.78 is 13.7. The second-order valence-electron chi connectivity index (χ2n) is 16.7. The Morgan fingerprint density at radius 2 is 0.877 bits per heavy atom. The van der Waals surface area contributed by atoms with Crippen molar-refractivity contribution >= 4 is 21.5 Å². The monoisotopic (exact) mass is 831 g/mol. The lowest BCUT2D eigenvalue weighted by Gasteiger charge is -2.34. The molecule has 10 aromatic carbocycles. The van der Waals surface area contributed by atoms with Gasteiger partial charge < -0.3 is 9.47 Å². The average molecular weight is 832 g/mol. The summed E-state index contributed by atoms with van der Waals surface area (Å²) in [5.41, 5.74) is 11.2. The van der Waals surface area contributed by atoms with Crippen LogP contribution in [0.1, 0.15) is 22.3 Å². The molecule has 0 bridgehead atoms. The van der Waals surface area contributed by atoms with E-state index in [0.717, 1.165) is 50.1 Å². The highest BCUT2D eigenvalue weighted by molar-refractivity contribution is 6.08. The van der Waals surface area contributed by atoms with E-state index >= 15 is 0 Å². The third kappa shape index (κ3) is 5.90. The maximum absolute atomic E-state index is 7.00. The Hall–Kier alpha value is -8.67. The van der Waals surface area contributed by atoms with Gasteiger partial charge in [0.1, 0.15) is 0 Å². The molecule has 1 aliphatic carbocycles.